The molecule has 1 amide bonds. The van der Waals surface area contributed by atoms with Gasteiger partial charge in [0, 0.05) is 30.3 Å². The summed E-state index contributed by atoms with van der Waals surface area (Å²) in [5.74, 6) is 1.61. The predicted octanol–water partition coefficient (Wildman–Crippen LogP) is 3.46. The average Bonchev–Trinajstić information content (AvgIpc) is 3.29. The van der Waals surface area contributed by atoms with Gasteiger partial charge in [0.05, 0.1) is 18.8 Å². The van der Waals surface area contributed by atoms with E-state index in [-0.39, 0.29) is 24.0 Å². The highest BCUT2D eigenvalue weighted by molar-refractivity contribution is 6.03. The highest BCUT2D eigenvalue weighted by atomic mass is 16.5. The third kappa shape index (κ3) is 4.03. The van der Waals surface area contributed by atoms with Crippen LogP contribution in [0.15, 0.2) is 57.9 Å². The van der Waals surface area contributed by atoms with Crippen molar-refractivity contribution in [2.45, 2.75) is 32.9 Å². The molecule has 1 atom stereocenters. The summed E-state index contributed by atoms with van der Waals surface area (Å²) in [6.45, 7) is 4.62. The Bertz CT molecular complexity index is 1100. The number of fused-ring (bicyclic) bond motifs is 1. The summed E-state index contributed by atoms with van der Waals surface area (Å²) in [5.41, 5.74) is 1.46. The molecule has 4 rings (SSSR count). The molecule has 7 heteroatoms. The van der Waals surface area contributed by atoms with Gasteiger partial charge in [-0.2, -0.15) is 0 Å². The first kappa shape index (κ1) is 18.9. The van der Waals surface area contributed by atoms with Crippen LogP contribution in [0.5, 0.6) is 11.5 Å². The summed E-state index contributed by atoms with van der Waals surface area (Å²) >= 11 is 0. The molecule has 0 fully saturated rings. The van der Waals surface area contributed by atoms with Crippen LogP contribution in [-0.4, -0.2) is 23.2 Å². The zero-order valence-electron chi connectivity index (χ0n) is 16.3. The van der Waals surface area contributed by atoms with E-state index >= 15 is 0 Å². The van der Waals surface area contributed by atoms with Crippen molar-refractivity contribution in [3.63, 3.8) is 0 Å². The molecule has 150 valence electrons. The molecule has 1 aliphatic heterocycles. The number of benzene rings is 1. The Balaban J connectivity index is 1.53. The Hall–Kier alpha value is -3.48. The van der Waals surface area contributed by atoms with Gasteiger partial charge < -0.3 is 23.8 Å². The highest BCUT2D eigenvalue weighted by Crippen LogP contribution is 2.38. The van der Waals surface area contributed by atoms with E-state index in [0.717, 1.165) is 17.7 Å². The minimum Gasteiger partial charge on any atom is -0.492 e. The summed E-state index contributed by atoms with van der Waals surface area (Å²) in [6, 6.07) is 11.9. The second-order valence-corrected chi connectivity index (χ2v) is 6.91. The Morgan fingerprint density at radius 1 is 1.28 bits per heavy atom. The number of carbonyl (C=O) groups is 1. The fraction of sp³-hybridized carbons (Fsp3) is 0.273. The Kier molecular flexibility index (Phi) is 5.12. The molecule has 1 N–H and O–H groups in total. The normalized spacial score (nSPS) is 14.9. The first-order valence-electron chi connectivity index (χ1n) is 9.55. The number of nitrogens with one attached hydrogen (secondary N) is 1. The van der Waals surface area contributed by atoms with Gasteiger partial charge in [0.25, 0.3) is 11.5 Å². The van der Waals surface area contributed by atoms with E-state index in [1.807, 2.05) is 19.9 Å². The quantitative estimate of drug-likeness (QED) is 0.692. The molecule has 0 saturated heterocycles. The van der Waals surface area contributed by atoms with Gasteiger partial charge in [-0.3, -0.25) is 9.59 Å². The van der Waals surface area contributed by atoms with E-state index in [2.05, 4.69) is 5.32 Å². The third-order valence-electron chi connectivity index (χ3n) is 4.66. The molecule has 0 spiro atoms. The highest BCUT2D eigenvalue weighted by Gasteiger charge is 2.23. The lowest BCUT2D eigenvalue weighted by Crippen LogP contribution is -2.18. The van der Waals surface area contributed by atoms with Gasteiger partial charge in [0.15, 0.2) is 5.76 Å². The largest absolute Gasteiger partial charge is 0.492 e. The molecule has 0 bridgehead atoms. The van der Waals surface area contributed by atoms with Crippen molar-refractivity contribution in [3.8, 4) is 11.5 Å². The number of rotatable bonds is 6. The minimum atomic E-state index is -0.399. The fourth-order valence-corrected chi connectivity index (χ4v) is 3.34. The van der Waals surface area contributed by atoms with Crippen molar-refractivity contribution in [2.24, 2.45) is 0 Å². The lowest BCUT2D eigenvalue weighted by Gasteiger charge is -2.13. The first-order valence-corrected chi connectivity index (χ1v) is 9.55. The van der Waals surface area contributed by atoms with Crippen LogP contribution in [0.4, 0.5) is 5.69 Å². The van der Waals surface area contributed by atoms with Gasteiger partial charge in [0.1, 0.15) is 23.4 Å². The number of amides is 1. The zero-order chi connectivity index (χ0) is 20.4. The van der Waals surface area contributed by atoms with Crippen LogP contribution in [0.1, 0.15) is 35.7 Å². The maximum atomic E-state index is 12.7. The van der Waals surface area contributed by atoms with E-state index in [1.54, 1.807) is 36.5 Å². The van der Waals surface area contributed by atoms with Crippen molar-refractivity contribution in [3.05, 3.63) is 76.1 Å². The second kappa shape index (κ2) is 7.87. The summed E-state index contributed by atoms with van der Waals surface area (Å²) in [6.07, 6.45) is 2.58. The molecule has 1 aromatic carbocycles. The van der Waals surface area contributed by atoms with Gasteiger partial charge in [0.2, 0.25) is 0 Å². The molecule has 29 heavy (non-hydrogen) atoms. The van der Waals surface area contributed by atoms with Crippen LogP contribution in [0.2, 0.25) is 0 Å². The van der Waals surface area contributed by atoms with Crippen LogP contribution >= 0.6 is 0 Å². The minimum absolute atomic E-state index is 0.0967. The van der Waals surface area contributed by atoms with Crippen LogP contribution in [0, 0.1) is 0 Å². The maximum Gasteiger partial charge on any atom is 0.291 e. The van der Waals surface area contributed by atoms with Crippen LogP contribution in [0.3, 0.4) is 0 Å². The summed E-state index contributed by atoms with van der Waals surface area (Å²) in [5, 5.41) is 2.84. The van der Waals surface area contributed by atoms with Gasteiger partial charge in [-0.1, -0.05) is 6.07 Å². The van der Waals surface area contributed by atoms with E-state index in [1.165, 1.54) is 10.6 Å². The topological polar surface area (TPSA) is 82.7 Å². The molecule has 1 aliphatic rings. The molecule has 3 aromatic rings. The molecule has 3 heterocycles. The van der Waals surface area contributed by atoms with Gasteiger partial charge >= 0.3 is 0 Å². The molecule has 2 aromatic heterocycles. The van der Waals surface area contributed by atoms with E-state index in [0.29, 0.717) is 23.8 Å². The molecule has 0 saturated carbocycles. The smallest absolute Gasteiger partial charge is 0.291 e. The lowest BCUT2D eigenvalue weighted by molar-refractivity contribution is 0.0994. The standard InChI is InChI=1S/C22H22N2O5/c1-3-27-20-11-15-10-14(2)28-19(15)12-17(20)23-22(26)18-8-7-16(29-18)13-24-9-5-4-6-21(24)25/h4-9,11-12,14H,3,10,13H2,1-2H3,(H,23,26). The second-order valence-electron chi connectivity index (χ2n) is 6.91. The summed E-state index contributed by atoms with van der Waals surface area (Å²) < 4.78 is 18.6. The molecule has 7 nitrogen and oxygen atoms in total. The van der Waals surface area contributed by atoms with Crippen molar-refractivity contribution < 1.29 is 18.7 Å². The van der Waals surface area contributed by atoms with E-state index in [9.17, 15) is 9.59 Å². The van der Waals surface area contributed by atoms with Crippen LogP contribution in [-0.2, 0) is 13.0 Å². The molecule has 1 unspecified atom stereocenters. The zero-order valence-corrected chi connectivity index (χ0v) is 16.3. The molecular weight excluding hydrogens is 372 g/mol. The molecule has 0 aliphatic carbocycles. The fourth-order valence-electron chi connectivity index (χ4n) is 3.34. The summed E-state index contributed by atoms with van der Waals surface area (Å²) in [7, 11) is 0. The van der Waals surface area contributed by atoms with Gasteiger partial charge in [-0.05, 0) is 38.1 Å². The Morgan fingerprint density at radius 3 is 2.93 bits per heavy atom. The third-order valence-corrected chi connectivity index (χ3v) is 4.66. The number of nitrogens with zero attached hydrogens (tertiary/aromatic N) is 1. The van der Waals surface area contributed by atoms with Crippen molar-refractivity contribution in [1.29, 1.82) is 0 Å². The SMILES string of the molecule is CCOc1cc2c(cc1NC(=O)c1ccc(Cn3ccccc3=O)o1)OC(C)C2. The maximum absolute atomic E-state index is 12.7. The Labute approximate surface area is 167 Å². The van der Waals surface area contributed by atoms with E-state index < -0.39 is 5.91 Å². The number of carbonyl (C=O) groups excluding carboxylic acids is 1. The number of pyridine rings is 1. The van der Waals surface area contributed by atoms with E-state index in [4.69, 9.17) is 13.9 Å². The van der Waals surface area contributed by atoms with Crippen molar-refractivity contribution in [1.82, 2.24) is 4.57 Å². The number of hydrogen-bond donors (Lipinski definition) is 1. The van der Waals surface area contributed by atoms with Crippen molar-refractivity contribution in [2.75, 3.05) is 11.9 Å². The average molecular weight is 394 g/mol. The van der Waals surface area contributed by atoms with Crippen LogP contribution < -0.4 is 20.3 Å². The Morgan fingerprint density at radius 2 is 2.14 bits per heavy atom. The number of hydrogen-bond acceptors (Lipinski definition) is 5. The molecule has 0 radical (unpaired) electrons. The van der Waals surface area contributed by atoms with Crippen molar-refractivity contribution >= 4 is 11.6 Å². The molecular formula is C22H22N2O5. The lowest BCUT2D eigenvalue weighted by atomic mass is 10.1. The number of ether oxygens (including phenoxy) is 2. The first-order chi connectivity index (χ1) is 14.0. The number of anilines is 1. The number of aromatic nitrogens is 1. The van der Waals surface area contributed by atoms with Gasteiger partial charge in [-0.15, -0.1) is 0 Å². The predicted molar refractivity (Wildman–Crippen MR) is 108 cm³/mol. The number of furan rings is 1. The summed E-state index contributed by atoms with van der Waals surface area (Å²) in [4.78, 5) is 24.5. The van der Waals surface area contributed by atoms with Gasteiger partial charge in [-0.25, -0.2) is 0 Å². The van der Waals surface area contributed by atoms with Crippen LogP contribution in [0.25, 0.3) is 0 Å². The monoisotopic (exact) mass is 394 g/mol.